The van der Waals surface area contributed by atoms with Gasteiger partial charge in [-0.2, -0.15) is 5.26 Å². The predicted octanol–water partition coefficient (Wildman–Crippen LogP) is 1.95. The summed E-state index contributed by atoms with van der Waals surface area (Å²) in [5, 5.41) is 12.1. The van der Waals surface area contributed by atoms with E-state index in [0.29, 0.717) is 5.69 Å². The molecule has 0 saturated carbocycles. The Bertz CT molecular complexity index is 572. The molecule has 0 unspecified atom stereocenters. The Kier molecular flexibility index (Phi) is 4.00. The molecule has 2 aromatic heterocycles. The van der Waals surface area contributed by atoms with Crippen molar-refractivity contribution in [2.75, 3.05) is 0 Å². The molecular weight excluding hydrogens is 224 g/mol. The average molecular weight is 238 g/mol. The number of hydrogen-bond acceptors (Lipinski definition) is 4. The molecule has 0 aliphatic carbocycles. The van der Waals surface area contributed by atoms with Crippen LogP contribution in [0.3, 0.4) is 0 Å². The SMILES string of the molecule is Cc1cnccc1CNCc1ccnc(C#N)c1. The summed E-state index contributed by atoms with van der Waals surface area (Å²) < 4.78 is 0. The first-order valence-corrected chi connectivity index (χ1v) is 5.75. The van der Waals surface area contributed by atoms with Crippen molar-refractivity contribution in [3.63, 3.8) is 0 Å². The van der Waals surface area contributed by atoms with Crippen LogP contribution in [-0.2, 0) is 13.1 Å². The van der Waals surface area contributed by atoms with E-state index in [4.69, 9.17) is 5.26 Å². The van der Waals surface area contributed by atoms with Crippen LogP contribution in [-0.4, -0.2) is 9.97 Å². The summed E-state index contributed by atoms with van der Waals surface area (Å²) in [6.45, 7) is 3.56. The first kappa shape index (κ1) is 12.2. The highest BCUT2D eigenvalue weighted by Crippen LogP contribution is 2.05. The molecule has 18 heavy (non-hydrogen) atoms. The third-order valence-corrected chi connectivity index (χ3v) is 2.72. The van der Waals surface area contributed by atoms with Crippen molar-refractivity contribution in [3.8, 4) is 6.07 Å². The molecule has 0 spiro atoms. The highest BCUT2D eigenvalue weighted by molar-refractivity contribution is 5.25. The van der Waals surface area contributed by atoms with Crippen molar-refractivity contribution in [1.82, 2.24) is 15.3 Å². The molecule has 0 radical (unpaired) electrons. The van der Waals surface area contributed by atoms with Crippen LogP contribution in [0.15, 0.2) is 36.8 Å². The van der Waals surface area contributed by atoms with Gasteiger partial charge in [-0.3, -0.25) is 4.98 Å². The largest absolute Gasteiger partial charge is 0.309 e. The minimum Gasteiger partial charge on any atom is -0.309 e. The molecule has 0 aliphatic rings. The van der Waals surface area contributed by atoms with E-state index in [1.165, 1.54) is 11.1 Å². The Labute approximate surface area is 106 Å². The summed E-state index contributed by atoms with van der Waals surface area (Å²) in [5.74, 6) is 0. The third-order valence-electron chi connectivity index (χ3n) is 2.72. The van der Waals surface area contributed by atoms with Crippen LogP contribution in [0.4, 0.5) is 0 Å². The lowest BCUT2D eigenvalue weighted by Crippen LogP contribution is -2.13. The minimum atomic E-state index is 0.453. The molecule has 0 aliphatic heterocycles. The van der Waals surface area contributed by atoms with Gasteiger partial charge in [-0.05, 0) is 41.8 Å². The standard InChI is InChI=1S/C14H14N4/c1-11-8-16-4-3-13(11)10-17-9-12-2-5-18-14(6-12)7-15/h2-6,8,17H,9-10H2,1H3. The first-order chi connectivity index (χ1) is 8.79. The van der Waals surface area contributed by atoms with Crippen molar-refractivity contribution in [2.24, 2.45) is 0 Å². The second-order valence-electron chi connectivity index (χ2n) is 4.07. The van der Waals surface area contributed by atoms with Gasteiger partial charge in [0.05, 0.1) is 0 Å². The van der Waals surface area contributed by atoms with E-state index in [0.717, 1.165) is 18.7 Å². The van der Waals surface area contributed by atoms with Crippen molar-refractivity contribution in [3.05, 3.63) is 59.2 Å². The Morgan fingerprint density at radius 1 is 1.28 bits per heavy atom. The number of aromatic nitrogens is 2. The highest BCUT2D eigenvalue weighted by Gasteiger charge is 1.99. The molecule has 4 heteroatoms. The Hall–Kier alpha value is -2.25. The fourth-order valence-electron chi connectivity index (χ4n) is 1.69. The first-order valence-electron chi connectivity index (χ1n) is 5.75. The quantitative estimate of drug-likeness (QED) is 0.884. The fraction of sp³-hybridized carbons (Fsp3) is 0.214. The molecule has 0 bridgehead atoms. The van der Waals surface area contributed by atoms with E-state index in [1.54, 1.807) is 18.5 Å². The Morgan fingerprint density at radius 2 is 2.17 bits per heavy atom. The number of rotatable bonds is 4. The molecule has 4 nitrogen and oxygen atoms in total. The number of pyridine rings is 2. The minimum absolute atomic E-state index is 0.453. The van der Waals surface area contributed by atoms with Gasteiger partial charge in [0.1, 0.15) is 11.8 Å². The summed E-state index contributed by atoms with van der Waals surface area (Å²) >= 11 is 0. The van der Waals surface area contributed by atoms with Crippen LogP contribution in [0.25, 0.3) is 0 Å². The lowest BCUT2D eigenvalue weighted by molar-refractivity contribution is 0.689. The van der Waals surface area contributed by atoms with E-state index >= 15 is 0 Å². The molecule has 0 amide bonds. The molecule has 0 aromatic carbocycles. The summed E-state index contributed by atoms with van der Waals surface area (Å²) in [6.07, 6.45) is 5.31. The maximum atomic E-state index is 8.76. The van der Waals surface area contributed by atoms with Gasteiger partial charge in [-0.15, -0.1) is 0 Å². The predicted molar refractivity (Wildman–Crippen MR) is 68.5 cm³/mol. The van der Waals surface area contributed by atoms with Gasteiger partial charge in [0.25, 0.3) is 0 Å². The number of nitrogens with zero attached hydrogens (tertiary/aromatic N) is 3. The van der Waals surface area contributed by atoms with E-state index in [2.05, 4.69) is 15.3 Å². The van der Waals surface area contributed by atoms with Crippen molar-refractivity contribution in [2.45, 2.75) is 20.0 Å². The van der Waals surface area contributed by atoms with E-state index < -0.39 is 0 Å². The van der Waals surface area contributed by atoms with Crippen LogP contribution in [0.5, 0.6) is 0 Å². The Balaban J connectivity index is 1.93. The van der Waals surface area contributed by atoms with Gasteiger partial charge in [0, 0.05) is 31.7 Å². The van der Waals surface area contributed by atoms with E-state index in [9.17, 15) is 0 Å². The topological polar surface area (TPSA) is 61.6 Å². The van der Waals surface area contributed by atoms with Crippen molar-refractivity contribution in [1.29, 1.82) is 5.26 Å². The second kappa shape index (κ2) is 5.89. The van der Waals surface area contributed by atoms with E-state index in [-0.39, 0.29) is 0 Å². The highest BCUT2D eigenvalue weighted by atomic mass is 14.8. The second-order valence-corrected chi connectivity index (χ2v) is 4.07. The summed E-state index contributed by atoms with van der Waals surface area (Å²) in [5.41, 5.74) is 3.93. The van der Waals surface area contributed by atoms with Gasteiger partial charge in [-0.25, -0.2) is 4.98 Å². The van der Waals surface area contributed by atoms with Crippen LogP contribution >= 0.6 is 0 Å². The maximum absolute atomic E-state index is 8.76. The number of nitrogens with one attached hydrogen (secondary N) is 1. The molecule has 2 heterocycles. The van der Waals surface area contributed by atoms with Crippen LogP contribution in [0.2, 0.25) is 0 Å². The molecule has 2 rings (SSSR count). The van der Waals surface area contributed by atoms with Gasteiger partial charge >= 0.3 is 0 Å². The smallest absolute Gasteiger partial charge is 0.140 e. The lowest BCUT2D eigenvalue weighted by Gasteiger charge is -2.07. The summed E-state index contributed by atoms with van der Waals surface area (Å²) in [7, 11) is 0. The van der Waals surface area contributed by atoms with Crippen LogP contribution in [0.1, 0.15) is 22.4 Å². The fourth-order valence-corrected chi connectivity index (χ4v) is 1.69. The van der Waals surface area contributed by atoms with Gasteiger partial charge in [0.15, 0.2) is 0 Å². The molecule has 90 valence electrons. The van der Waals surface area contributed by atoms with E-state index in [1.807, 2.05) is 31.3 Å². The number of nitriles is 1. The molecule has 0 saturated heterocycles. The average Bonchev–Trinajstić information content (AvgIpc) is 2.41. The zero-order chi connectivity index (χ0) is 12.8. The monoisotopic (exact) mass is 238 g/mol. The van der Waals surface area contributed by atoms with Gasteiger partial charge < -0.3 is 5.32 Å². The molecular formula is C14H14N4. The summed E-state index contributed by atoms with van der Waals surface area (Å²) in [4.78, 5) is 8.00. The Morgan fingerprint density at radius 3 is 2.94 bits per heavy atom. The third kappa shape index (κ3) is 3.12. The van der Waals surface area contributed by atoms with Crippen LogP contribution < -0.4 is 5.32 Å². The van der Waals surface area contributed by atoms with Crippen LogP contribution in [0, 0.1) is 18.3 Å². The van der Waals surface area contributed by atoms with Crippen molar-refractivity contribution >= 4 is 0 Å². The van der Waals surface area contributed by atoms with Gasteiger partial charge in [0.2, 0.25) is 0 Å². The molecule has 0 atom stereocenters. The number of hydrogen-bond donors (Lipinski definition) is 1. The zero-order valence-corrected chi connectivity index (χ0v) is 10.2. The molecule has 2 aromatic rings. The van der Waals surface area contributed by atoms with Crippen molar-refractivity contribution < 1.29 is 0 Å². The number of aryl methyl sites for hydroxylation is 1. The lowest BCUT2D eigenvalue weighted by atomic mass is 10.1. The maximum Gasteiger partial charge on any atom is 0.140 e. The molecule has 1 N–H and O–H groups in total. The zero-order valence-electron chi connectivity index (χ0n) is 10.2. The normalized spacial score (nSPS) is 10.0. The summed E-state index contributed by atoms with van der Waals surface area (Å²) in [6, 6.07) is 7.75. The molecule has 0 fully saturated rings. The van der Waals surface area contributed by atoms with Gasteiger partial charge in [-0.1, -0.05) is 0 Å².